The van der Waals surface area contributed by atoms with E-state index in [1.807, 2.05) is 5.92 Å². The molecule has 0 aliphatic rings. The summed E-state index contributed by atoms with van der Waals surface area (Å²) in [6, 6.07) is 8.13. The smallest absolute Gasteiger partial charge is 0.300 e. The van der Waals surface area contributed by atoms with Crippen molar-refractivity contribution in [3.8, 4) is 35.3 Å². The van der Waals surface area contributed by atoms with Gasteiger partial charge < -0.3 is 29.6 Å². The largest absolute Gasteiger partial charge is 0.496 e. The van der Waals surface area contributed by atoms with Crippen molar-refractivity contribution < 1.29 is 28.5 Å². The first kappa shape index (κ1) is 22.2. The minimum absolute atomic E-state index is 0.334. The zero-order valence-electron chi connectivity index (χ0n) is 17.1. The molecule has 0 aromatic heterocycles. The minimum atomic E-state index is -0.629. The molecule has 2 aromatic rings. The van der Waals surface area contributed by atoms with Gasteiger partial charge in [0.15, 0.2) is 0 Å². The maximum Gasteiger partial charge on any atom is 0.300 e. The van der Waals surface area contributed by atoms with E-state index in [-0.39, 0.29) is 0 Å². The van der Waals surface area contributed by atoms with Gasteiger partial charge in [0, 0.05) is 23.9 Å². The second kappa shape index (κ2) is 10.4. The van der Waals surface area contributed by atoms with Crippen molar-refractivity contribution in [2.24, 2.45) is 0 Å². The predicted molar refractivity (Wildman–Crippen MR) is 114 cm³/mol. The molecular weight excluding hydrogens is 388 g/mol. The lowest BCUT2D eigenvalue weighted by atomic mass is 10.1. The summed E-state index contributed by atoms with van der Waals surface area (Å²) in [4.78, 5) is 23.9. The molecule has 0 unspecified atom stereocenters. The van der Waals surface area contributed by atoms with Gasteiger partial charge in [0.2, 0.25) is 5.91 Å². The quantitative estimate of drug-likeness (QED) is 0.513. The number of amides is 2. The van der Waals surface area contributed by atoms with Crippen LogP contribution < -0.4 is 29.6 Å². The zero-order valence-corrected chi connectivity index (χ0v) is 17.1. The van der Waals surface area contributed by atoms with Crippen LogP contribution in [-0.2, 0) is 9.59 Å². The average molecular weight is 410 g/mol. The van der Waals surface area contributed by atoms with Crippen molar-refractivity contribution in [3.63, 3.8) is 0 Å². The summed E-state index contributed by atoms with van der Waals surface area (Å²) in [5.74, 6) is 2.85. The van der Waals surface area contributed by atoms with Crippen LogP contribution >= 0.6 is 0 Å². The molecule has 0 saturated heterocycles. The van der Waals surface area contributed by atoms with E-state index >= 15 is 0 Å². The zero-order chi connectivity index (χ0) is 22.1. The highest BCUT2D eigenvalue weighted by Crippen LogP contribution is 2.35. The van der Waals surface area contributed by atoms with Gasteiger partial charge in [-0.05, 0) is 30.2 Å². The monoisotopic (exact) mass is 410 g/mol. The summed E-state index contributed by atoms with van der Waals surface area (Å²) >= 11 is 0. The molecule has 0 aliphatic carbocycles. The van der Waals surface area contributed by atoms with E-state index in [1.54, 1.807) is 30.3 Å². The molecule has 30 heavy (non-hydrogen) atoms. The fraction of sp³-hybridized carbons (Fsp3) is 0.182. The number of ether oxygens (including phenoxy) is 4. The summed E-state index contributed by atoms with van der Waals surface area (Å²) in [5.41, 5.74) is 1.35. The number of rotatable bonds is 8. The number of anilines is 2. The molecule has 0 heterocycles. The van der Waals surface area contributed by atoms with E-state index in [1.165, 1.54) is 40.6 Å². The maximum absolute atomic E-state index is 12.4. The number of hydrogen-bond donors (Lipinski definition) is 2. The van der Waals surface area contributed by atoms with Gasteiger partial charge in [-0.25, -0.2) is 0 Å². The fourth-order valence-electron chi connectivity index (χ4n) is 2.58. The van der Waals surface area contributed by atoms with Crippen molar-refractivity contribution in [1.82, 2.24) is 0 Å². The lowest BCUT2D eigenvalue weighted by Gasteiger charge is -2.13. The second-order valence-electron chi connectivity index (χ2n) is 5.78. The summed E-state index contributed by atoms with van der Waals surface area (Å²) in [6.45, 7) is 0. The molecule has 156 valence electrons. The Kier molecular flexibility index (Phi) is 7.71. The highest BCUT2D eigenvalue weighted by molar-refractivity contribution is 6.06. The molecular formula is C22H22N2O6. The van der Waals surface area contributed by atoms with Crippen LogP contribution in [0.25, 0.3) is 6.08 Å². The van der Waals surface area contributed by atoms with Gasteiger partial charge in [0.25, 0.3) is 5.91 Å². The Bertz CT molecular complexity index is 982. The Morgan fingerprint density at radius 1 is 0.900 bits per heavy atom. The summed E-state index contributed by atoms with van der Waals surface area (Å²) in [7, 11) is 6.01. The normalized spacial score (nSPS) is 10.1. The Hall–Kier alpha value is -4.12. The third kappa shape index (κ3) is 5.45. The van der Waals surface area contributed by atoms with E-state index in [4.69, 9.17) is 25.4 Å². The first-order valence-corrected chi connectivity index (χ1v) is 8.70. The molecule has 0 spiro atoms. The number of benzene rings is 2. The summed E-state index contributed by atoms with van der Waals surface area (Å²) in [6.07, 6.45) is 7.98. The van der Waals surface area contributed by atoms with Crippen molar-refractivity contribution in [2.45, 2.75) is 0 Å². The van der Waals surface area contributed by atoms with E-state index in [9.17, 15) is 9.59 Å². The Labute approximate surface area is 174 Å². The molecule has 2 rings (SSSR count). The van der Waals surface area contributed by atoms with Gasteiger partial charge >= 0.3 is 0 Å². The SMILES string of the molecule is C#CC(=O)Nc1cc(NC(=O)/C=C/c2c(OC)cc(OC)cc2OC)ccc1OC. The Morgan fingerprint density at radius 3 is 2.07 bits per heavy atom. The van der Waals surface area contributed by atoms with Gasteiger partial charge in [-0.1, -0.05) is 0 Å². The van der Waals surface area contributed by atoms with Crippen LogP contribution in [0.15, 0.2) is 36.4 Å². The Balaban J connectivity index is 2.24. The number of nitrogens with one attached hydrogen (secondary N) is 2. The van der Waals surface area contributed by atoms with E-state index in [0.29, 0.717) is 39.9 Å². The number of terminal acetylenes is 1. The molecule has 0 saturated carbocycles. The molecule has 2 N–H and O–H groups in total. The van der Waals surface area contributed by atoms with Crippen LogP contribution in [0.4, 0.5) is 11.4 Å². The van der Waals surface area contributed by atoms with Gasteiger partial charge in [-0.3, -0.25) is 9.59 Å². The topological polar surface area (TPSA) is 95.1 Å². The summed E-state index contributed by atoms with van der Waals surface area (Å²) < 4.78 is 21.1. The molecule has 2 aromatic carbocycles. The van der Waals surface area contributed by atoms with Gasteiger partial charge in [0.1, 0.15) is 23.0 Å². The van der Waals surface area contributed by atoms with E-state index in [2.05, 4.69) is 10.6 Å². The first-order chi connectivity index (χ1) is 14.4. The molecule has 0 atom stereocenters. The van der Waals surface area contributed by atoms with Crippen LogP contribution in [-0.4, -0.2) is 40.3 Å². The second-order valence-corrected chi connectivity index (χ2v) is 5.78. The van der Waals surface area contributed by atoms with Crippen molar-refractivity contribution in [1.29, 1.82) is 0 Å². The van der Waals surface area contributed by atoms with Crippen LogP contribution in [0.5, 0.6) is 23.0 Å². The highest BCUT2D eigenvalue weighted by Gasteiger charge is 2.12. The molecule has 8 nitrogen and oxygen atoms in total. The lowest BCUT2D eigenvalue weighted by Crippen LogP contribution is -2.11. The lowest BCUT2D eigenvalue weighted by molar-refractivity contribution is -0.112. The molecule has 0 bridgehead atoms. The first-order valence-electron chi connectivity index (χ1n) is 8.70. The molecule has 0 fully saturated rings. The predicted octanol–water partition coefficient (Wildman–Crippen LogP) is 2.94. The van der Waals surface area contributed by atoms with Gasteiger partial charge in [0.05, 0.1) is 39.7 Å². The third-order valence-electron chi connectivity index (χ3n) is 4.00. The fourth-order valence-corrected chi connectivity index (χ4v) is 2.58. The van der Waals surface area contributed by atoms with E-state index < -0.39 is 11.8 Å². The number of carbonyl (C=O) groups excluding carboxylic acids is 2. The molecule has 0 aliphatic heterocycles. The number of methoxy groups -OCH3 is 4. The molecule has 2 amide bonds. The number of hydrogen-bond acceptors (Lipinski definition) is 6. The van der Waals surface area contributed by atoms with Crippen LogP contribution in [0.1, 0.15) is 5.56 Å². The van der Waals surface area contributed by atoms with Crippen molar-refractivity contribution >= 4 is 29.3 Å². The van der Waals surface area contributed by atoms with Gasteiger partial charge in [-0.2, -0.15) is 0 Å². The van der Waals surface area contributed by atoms with Gasteiger partial charge in [-0.15, -0.1) is 6.42 Å². The Morgan fingerprint density at radius 2 is 1.53 bits per heavy atom. The van der Waals surface area contributed by atoms with Crippen molar-refractivity contribution in [2.75, 3.05) is 39.1 Å². The molecule has 0 radical (unpaired) electrons. The minimum Gasteiger partial charge on any atom is -0.496 e. The highest BCUT2D eigenvalue weighted by atomic mass is 16.5. The molecule has 8 heteroatoms. The summed E-state index contributed by atoms with van der Waals surface area (Å²) in [5, 5.41) is 5.21. The maximum atomic E-state index is 12.4. The van der Waals surface area contributed by atoms with Crippen molar-refractivity contribution in [3.05, 3.63) is 42.0 Å². The number of carbonyl (C=O) groups is 2. The van der Waals surface area contributed by atoms with E-state index in [0.717, 1.165) is 0 Å². The van der Waals surface area contributed by atoms with Crippen LogP contribution in [0.3, 0.4) is 0 Å². The standard InChI is InChI=1S/C22H22N2O6/c1-6-21(25)24-17-11-14(7-9-18(17)28-3)23-22(26)10-8-16-19(29-4)12-15(27-2)13-20(16)30-5/h1,7-13H,2-5H3,(H,23,26)(H,24,25)/b10-8+. The van der Waals surface area contributed by atoms with Crippen LogP contribution in [0, 0.1) is 12.3 Å². The van der Waals surface area contributed by atoms with Crippen LogP contribution in [0.2, 0.25) is 0 Å². The third-order valence-corrected chi connectivity index (χ3v) is 4.00. The average Bonchev–Trinajstić information content (AvgIpc) is 2.77.